The Hall–Kier alpha value is -3.86. The summed E-state index contributed by atoms with van der Waals surface area (Å²) in [7, 11) is 0. The number of benzene rings is 3. The fourth-order valence-corrected chi connectivity index (χ4v) is 4.86. The van der Waals surface area contributed by atoms with Gasteiger partial charge in [0.05, 0.1) is 28.3 Å². The Kier molecular flexibility index (Phi) is 8.77. The third kappa shape index (κ3) is 7.46. The number of carboxylic acid groups (broad SMARTS) is 1. The number of alkyl halides is 6. The molecule has 1 atom stereocenters. The van der Waals surface area contributed by atoms with Gasteiger partial charge in [-0.05, 0) is 53.8 Å². The standard InChI is InChI=1S/C29H23ClF6N2O3/c30-23-15-20(8-10-22(23)29(34,35)36)19-9-11-24-21(14-19)16-37-38(24)25(12-13-28(31,32)33)17-4-6-18(7-5-17)26(39)2-1-3-27(40)41/h4-11,14-16,25H,1-3,12-13H2,(H,40,41). The molecule has 1 heterocycles. The number of carboxylic acids is 1. The molecule has 5 nitrogen and oxygen atoms in total. The molecule has 0 bridgehead atoms. The Labute approximate surface area is 235 Å². The van der Waals surface area contributed by atoms with Gasteiger partial charge in [-0.2, -0.15) is 31.4 Å². The normalized spacial score (nSPS) is 13.0. The zero-order valence-corrected chi connectivity index (χ0v) is 22.0. The summed E-state index contributed by atoms with van der Waals surface area (Å²) in [4.78, 5) is 23.1. The number of fused-ring (bicyclic) bond motifs is 1. The van der Waals surface area contributed by atoms with Crippen molar-refractivity contribution in [1.29, 1.82) is 0 Å². The topological polar surface area (TPSA) is 72.2 Å². The molecule has 4 aromatic rings. The molecule has 0 aliphatic rings. The summed E-state index contributed by atoms with van der Waals surface area (Å²) in [6.07, 6.45) is -8.92. The highest BCUT2D eigenvalue weighted by molar-refractivity contribution is 6.31. The number of rotatable bonds is 10. The summed E-state index contributed by atoms with van der Waals surface area (Å²) in [5, 5.41) is 13.2. The van der Waals surface area contributed by atoms with Gasteiger partial charge >= 0.3 is 18.3 Å². The summed E-state index contributed by atoms with van der Waals surface area (Å²) in [6, 6.07) is 13.6. The molecule has 4 rings (SSSR count). The minimum atomic E-state index is -4.60. The number of hydrogen-bond donors (Lipinski definition) is 1. The van der Waals surface area contributed by atoms with E-state index in [0.717, 1.165) is 6.07 Å². The molecule has 1 aromatic heterocycles. The monoisotopic (exact) mass is 596 g/mol. The fraction of sp³-hybridized carbons (Fsp3) is 0.276. The number of aromatic nitrogens is 2. The van der Waals surface area contributed by atoms with Crippen molar-refractivity contribution in [3.63, 3.8) is 0 Å². The second kappa shape index (κ2) is 11.9. The van der Waals surface area contributed by atoms with E-state index in [4.69, 9.17) is 16.7 Å². The Morgan fingerprint density at radius 2 is 1.56 bits per heavy atom. The Balaban J connectivity index is 1.64. The molecule has 0 saturated carbocycles. The molecule has 1 N–H and O–H groups in total. The molecule has 3 aromatic carbocycles. The van der Waals surface area contributed by atoms with Crippen molar-refractivity contribution in [2.24, 2.45) is 0 Å². The maximum atomic E-state index is 13.2. The van der Waals surface area contributed by atoms with E-state index in [1.165, 1.54) is 35.1 Å². The minimum Gasteiger partial charge on any atom is -0.481 e. The fourth-order valence-electron chi connectivity index (χ4n) is 4.57. The highest BCUT2D eigenvalue weighted by Crippen LogP contribution is 2.38. The molecule has 0 aliphatic carbocycles. The zero-order valence-electron chi connectivity index (χ0n) is 21.3. The maximum absolute atomic E-state index is 13.2. The van der Waals surface area contributed by atoms with Gasteiger partial charge in [0, 0.05) is 30.2 Å². The van der Waals surface area contributed by atoms with Crippen LogP contribution >= 0.6 is 11.6 Å². The van der Waals surface area contributed by atoms with Crippen molar-refractivity contribution in [1.82, 2.24) is 9.78 Å². The van der Waals surface area contributed by atoms with Crippen LogP contribution < -0.4 is 0 Å². The van der Waals surface area contributed by atoms with Crippen LogP contribution in [0.1, 0.15) is 59.6 Å². The molecule has 41 heavy (non-hydrogen) atoms. The van der Waals surface area contributed by atoms with Crippen molar-refractivity contribution in [3.8, 4) is 11.1 Å². The van der Waals surface area contributed by atoms with Crippen LogP contribution in [-0.4, -0.2) is 32.8 Å². The van der Waals surface area contributed by atoms with Crippen LogP contribution in [0.25, 0.3) is 22.0 Å². The average molecular weight is 597 g/mol. The lowest BCUT2D eigenvalue weighted by molar-refractivity contribution is -0.138. The van der Waals surface area contributed by atoms with E-state index < -0.39 is 41.4 Å². The van der Waals surface area contributed by atoms with Crippen molar-refractivity contribution >= 4 is 34.3 Å². The predicted octanol–water partition coefficient (Wildman–Crippen LogP) is 8.74. The molecule has 0 spiro atoms. The number of nitrogens with zero attached hydrogens (tertiary/aromatic N) is 2. The van der Waals surface area contributed by atoms with Crippen molar-refractivity contribution in [2.45, 2.75) is 50.5 Å². The number of halogens is 7. The molecule has 0 amide bonds. The molecule has 0 saturated heterocycles. The van der Waals surface area contributed by atoms with Gasteiger partial charge in [-0.15, -0.1) is 0 Å². The van der Waals surface area contributed by atoms with E-state index in [-0.39, 0.29) is 31.5 Å². The highest BCUT2D eigenvalue weighted by Gasteiger charge is 2.33. The van der Waals surface area contributed by atoms with E-state index >= 15 is 0 Å². The van der Waals surface area contributed by atoms with Gasteiger partial charge in [-0.3, -0.25) is 14.3 Å². The van der Waals surface area contributed by atoms with E-state index in [2.05, 4.69) is 5.10 Å². The van der Waals surface area contributed by atoms with Gasteiger partial charge in [0.1, 0.15) is 0 Å². The maximum Gasteiger partial charge on any atom is 0.417 e. The van der Waals surface area contributed by atoms with E-state index in [1.807, 2.05) is 0 Å². The lowest BCUT2D eigenvalue weighted by atomic mass is 9.97. The lowest BCUT2D eigenvalue weighted by Gasteiger charge is -2.20. The van der Waals surface area contributed by atoms with E-state index in [9.17, 15) is 35.9 Å². The molecule has 12 heteroatoms. The van der Waals surface area contributed by atoms with Crippen molar-refractivity contribution < 1.29 is 41.0 Å². The highest BCUT2D eigenvalue weighted by atomic mass is 35.5. The summed E-state index contributed by atoms with van der Waals surface area (Å²) < 4.78 is 80.3. The molecular weight excluding hydrogens is 574 g/mol. The molecule has 216 valence electrons. The van der Waals surface area contributed by atoms with Gasteiger partial charge in [0.2, 0.25) is 0 Å². The number of carbonyl (C=O) groups excluding carboxylic acids is 1. The van der Waals surface area contributed by atoms with Crippen LogP contribution in [-0.2, 0) is 11.0 Å². The number of Topliss-reactive ketones (excluding diaryl/α,β-unsaturated/α-hetero) is 1. The average Bonchev–Trinajstić information content (AvgIpc) is 3.30. The number of ketones is 1. The second-order valence-electron chi connectivity index (χ2n) is 9.52. The Morgan fingerprint density at radius 1 is 0.902 bits per heavy atom. The van der Waals surface area contributed by atoms with Crippen LogP contribution in [0.3, 0.4) is 0 Å². The quantitative estimate of drug-likeness (QED) is 0.147. The molecule has 0 fully saturated rings. The largest absolute Gasteiger partial charge is 0.481 e. The summed E-state index contributed by atoms with van der Waals surface area (Å²) in [5.74, 6) is -1.28. The molecule has 1 unspecified atom stereocenters. The predicted molar refractivity (Wildman–Crippen MR) is 141 cm³/mol. The van der Waals surface area contributed by atoms with Crippen LogP contribution in [0.15, 0.2) is 66.9 Å². The van der Waals surface area contributed by atoms with Gasteiger partial charge in [0.25, 0.3) is 0 Å². The first-order chi connectivity index (χ1) is 19.2. The van der Waals surface area contributed by atoms with Crippen LogP contribution in [0.2, 0.25) is 5.02 Å². The summed E-state index contributed by atoms with van der Waals surface area (Å²) in [6.45, 7) is 0. The smallest absolute Gasteiger partial charge is 0.417 e. The SMILES string of the molecule is O=C(O)CCCC(=O)c1ccc(C(CCC(F)(F)F)n2ncc3cc(-c4ccc(C(F)(F)F)c(Cl)c4)ccc32)cc1. The first kappa shape index (κ1) is 30.1. The second-order valence-corrected chi connectivity index (χ2v) is 9.92. The van der Waals surface area contributed by atoms with Crippen LogP contribution in [0, 0.1) is 0 Å². The first-order valence-corrected chi connectivity index (χ1v) is 12.9. The first-order valence-electron chi connectivity index (χ1n) is 12.5. The lowest BCUT2D eigenvalue weighted by Crippen LogP contribution is -2.17. The summed E-state index contributed by atoms with van der Waals surface area (Å²) >= 11 is 5.86. The van der Waals surface area contributed by atoms with E-state index in [0.29, 0.717) is 33.2 Å². The minimum absolute atomic E-state index is 0.0272. The van der Waals surface area contributed by atoms with Gasteiger partial charge in [0.15, 0.2) is 5.78 Å². The van der Waals surface area contributed by atoms with Crippen LogP contribution in [0.5, 0.6) is 0 Å². The van der Waals surface area contributed by atoms with Gasteiger partial charge in [-0.25, -0.2) is 0 Å². The van der Waals surface area contributed by atoms with Crippen molar-refractivity contribution in [2.75, 3.05) is 0 Å². The van der Waals surface area contributed by atoms with Crippen molar-refractivity contribution in [3.05, 3.63) is 88.6 Å². The Bertz CT molecular complexity index is 1560. The van der Waals surface area contributed by atoms with Crippen LogP contribution in [0.4, 0.5) is 26.3 Å². The number of aliphatic carboxylic acids is 1. The number of carbonyl (C=O) groups is 2. The third-order valence-corrected chi connectivity index (χ3v) is 6.92. The molecule has 0 radical (unpaired) electrons. The summed E-state index contributed by atoms with van der Waals surface area (Å²) in [5.41, 5.74) is 1.32. The van der Waals surface area contributed by atoms with E-state index in [1.54, 1.807) is 30.3 Å². The number of hydrogen-bond acceptors (Lipinski definition) is 3. The van der Waals surface area contributed by atoms with Gasteiger partial charge in [-0.1, -0.05) is 48.0 Å². The Morgan fingerprint density at radius 3 is 2.17 bits per heavy atom. The molecular formula is C29H23ClF6N2O3. The van der Waals surface area contributed by atoms with Gasteiger partial charge < -0.3 is 5.11 Å². The third-order valence-electron chi connectivity index (χ3n) is 6.61. The molecule has 0 aliphatic heterocycles. The zero-order chi connectivity index (χ0) is 29.9.